The number of nitrogen functional groups attached to an aromatic ring is 1. The highest BCUT2D eigenvalue weighted by Gasteiger charge is 2.30. The van der Waals surface area contributed by atoms with Crippen LogP contribution >= 0.6 is 11.6 Å². The lowest BCUT2D eigenvalue weighted by atomic mass is 10.1. The molecule has 1 aromatic rings. The van der Waals surface area contributed by atoms with Crippen molar-refractivity contribution < 1.29 is 9.90 Å². The smallest absolute Gasteiger partial charge is 0.255 e. The number of hydrogen-bond acceptors (Lipinski definition) is 3. The molecule has 0 bridgehead atoms. The van der Waals surface area contributed by atoms with Gasteiger partial charge in [-0.25, -0.2) is 0 Å². The van der Waals surface area contributed by atoms with Gasteiger partial charge in [0.2, 0.25) is 0 Å². The van der Waals surface area contributed by atoms with Crippen LogP contribution in [-0.4, -0.2) is 35.1 Å². The molecule has 1 atom stereocenters. The third-order valence-electron chi connectivity index (χ3n) is 3.59. The molecule has 1 saturated heterocycles. The molecular weight excluding hydrogens is 264 g/mol. The van der Waals surface area contributed by atoms with Gasteiger partial charge in [0, 0.05) is 19.2 Å². The van der Waals surface area contributed by atoms with E-state index >= 15 is 0 Å². The molecule has 0 saturated carbocycles. The van der Waals surface area contributed by atoms with E-state index in [9.17, 15) is 4.79 Å². The van der Waals surface area contributed by atoms with Crippen LogP contribution in [0.25, 0.3) is 0 Å². The van der Waals surface area contributed by atoms with Crippen LogP contribution < -0.4 is 5.73 Å². The number of amides is 1. The molecule has 0 spiro atoms. The summed E-state index contributed by atoms with van der Waals surface area (Å²) in [4.78, 5) is 14.4. The molecular formula is C14H19ClN2O2. The second-order valence-corrected chi connectivity index (χ2v) is 5.25. The van der Waals surface area contributed by atoms with Crippen LogP contribution in [0.1, 0.15) is 36.0 Å². The zero-order valence-corrected chi connectivity index (χ0v) is 11.6. The minimum absolute atomic E-state index is 0.0576. The molecule has 0 aromatic heterocycles. The van der Waals surface area contributed by atoms with Crippen molar-refractivity contribution in [1.29, 1.82) is 0 Å². The van der Waals surface area contributed by atoms with Gasteiger partial charge in [0.1, 0.15) is 0 Å². The molecule has 0 aliphatic carbocycles. The molecule has 3 N–H and O–H groups in total. The van der Waals surface area contributed by atoms with E-state index in [0.717, 1.165) is 32.2 Å². The molecule has 1 fully saturated rings. The Bertz CT molecular complexity index is 465. The molecule has 1 unspecified atom stereocenters. The number of nitrogens with zero attached hydrogens (tertiary/aromatic N) is 1. The van der Waals surface area contributed by atoms with Crippen LogP contribution in [0.5, 0.6) is 0 Å². The largest absolute Gasteiger partial charge is 0.398 e. The van der Waals surface area contributed by atoms with Gasteiger partial charge in [-0.1, -0.05) is 17.7 Å². The Morgan fingerprint density at radius 2 is 2.32 bits per heavy atom. The summed E-state index contributed by atoms with van der Waals surface area (Å²) in [6.45, 7) is 0.914. The minimum atomic E-state index is -0.0576. The van der Waals surface area contributed by atoms with Gasteiger partial charge in [-0.2, -0.15) is 0 Å². The minimum Gasteiger partial charge on any atom is -0.398 e. The number of benzene rings is 1. The van der Waals surface area contributed by atoms with Crippen LogP contribution in [0, 0.1) is 0 Å². The number of hydrogen-bond donors (Lipinski definition) is 2. The Hall–Kier alpha value is -1.26. The third kappa shape index (κ3) is 3.01. The number of anilines is 1. The van der Waals surface area contributed by atoms with Crippen LogP contribution in [0.4, 0.5) is 5.69 Å². The fourth-order valence-electron chi connectivity index (χ4n) is 2.60. The normalized spacial score (nSPS) is 18.8. The van der Waals surface area contributed by atoms with Gasteiger partial charge in [0.25, 0.3) is 5.91 Å². The summed E-state index contributed by atoms with van der Waals surface area (Å²) in [5.74, 6) is -0.0576. The van der Waals surface area contributed by atoms with Crippen molar-refractivity contribution in [3.8, 4) is 0 Å². The Morgan fingerprint density at radius 3 is 3.05 bits per heavy atom. The van der Waals surface area contributed by atoms with Crippen LogP contribution in [0.3, 0.4) is 0 Å². The molecule has 2 rings (SSSR count). The first kappa shape index (κ1) is 14.2. The van der Waals surface area contributed by atoms with E-state index < -0.39 is 0 Å². The number of aliphatic hydroxyl groups is 1. The van der Waals surface area contributed by atoms with Crippen LogP contribution in [-0.2, 0) is 0 Å². The van der Waals surface area contributed by atoms with E-state index in [0.29, 0.717) is 16.3 Å². The molecule has 1 aliphatic heterocycles. The number of carbonyl (C=O) groups excluding carboxylic acids is 1. The standard InChI is InChI=1S/C14H19ClN2O2/c15-13-11(6-1-7-12(13)16)14(19)17-8-2-4-10(17)5-3-9-18/h1,6-7,10,18H,2-5,8-9,16H2. The van der Waals surface area contributed by atoms with E-state index in [2.05, 4.69) is 0 Å². The Kier molecular flexibility index (Phi) is 4.66. The number of aliphatic hydroxyl groups excluding tert-OH is 1. The molecule has 5 heteroatoms. The fourth-order valence-corrected chi connectivity index (χ4v) is 2.81. The van der Waals surface area contributed by atoms with Gasteiger partial charge in [-0.05, 0) is 37.8 Å². The van der Waals surface area contributed by atoms with Crippen LogP contribution in [0.2, 0.25) is 5.02 Å². The summed E-state index contributed by atoms with van der Waals surface area (Å²) < 4.78 is 0. The summed E-state index contributed by atoms with van der Waals surface area (Å²) in [7, 11) is 0. The first-order chi connectivity index (χ1) is 9.15. The number of carbonyl (C=O) groups is 1. The Balaban J connectivity index is 2.16. The maximum Gasteiger partial charge on any atom is 0.255 e. The van der Waals surface area contributed by atoms with Gasteiger partial charge in [-0.3, -0.25) is 4.79 Å². The summed E-state index contributed by atoms with van der Waals surface area (Å²) in [5.41, 5.74) is 6.64. The van der Waals surface area contributed by atoms with Crippen molar-refractivity contribution in [3.05, 3.63) is 28.8 Å². The van der Waals surface area contributed by atoms with Crippen molar-refractivity contribution >= 4 is 23.2 Å². The number of rotatable bonds is 4. The lowest BCUT2D eigenvalue weighted by Gasteiger charge is -2.25. The Labute approximate surface area is 118 Å². The summed E-state index contributed by atoms with van der Waals surface area (Å²) in [6, 6.07) is 5.35. The molecule has 19 heavy (non-hydrogen) atoms. The van der Waals surface area contributed by atoms with E-state index in [-0.39, 0.29) is 18.6 Å². The zero-order valence-electron chi connectivity index (χ0n) is 10.8. The summed E-state index contributed by atoms with van der Waals surface area (Å²) in [5, 5.41) is 9.24. The highest BCUT2D eigenvalue weighted by molar-refractivity contribution is 6.36. The summed E-state index contributed by atoms with van der Waals surface area (Å²) in [6.07, 6.45) is 3.55. The second-order valence-electron chi connectivity index (χ2n) is 4.87. The summed E-state index contributed by atoms with van der Waals surface area (Å²) >= 11 is 6.11. The quantitative estimate of drug-likeness (QED) is 0.833. The topological polar surface area (TPSA) is 66.6 Å². The fraction of sp³-hybridized carbons (Fsp3) is 0.500. The van der Waals surface area contributed by atoms with E-state index in [1.165, 1.54) is 0 Å². The lowest BCUT2D eigenvalue weighted by Crippen LogP contribution is -2.35. The van der Waals surface area contributed by atoms with E-state index in [1.807, 2.05) is 4.90 Å². The molecule has 4 nitrogen and oxygen atoms in total. The van der Waals surface area contributed by atoms with Gasteiger partial charge in [0.05, 0.1) is 16.3 Å². The van der Waals surface area contributed by atoms with Crippen molar-refractivity contribution in [1.82, 2.24) is 4.90 Å². The van der Waals surface area contributed by atoms with Crippen molar-refractivity contribution in [2.45, 2.75) is 31.7 Å². The molecule has 1 aromatic carbocycles. The Morgan fingerprint density at radius 1 is 1.53 bits per heavy atom. The van der Waals surface area contributed by atoms with Crippen molar-refractivity contribution in [2.24, 2.45) is 0 Å². The molecule has 104 valence electrons. The SMILES string of the molecule is Nc1cccc(C(=O)N2CCCC2CCCO)c1Cl. The molecule has 1 amide bonds. The predicted octanol–water partition coefficient (Wildman–Crippen LogP) is 2.30. The van der Waals surface area contributed by atoms with Gasteiger partial charge in [0.15, 0.2) is 0 Å². The molecule has 1 heterocycles. The maximum atomic E-state index is 12.5. The first-order valence-electron chi connectivity index (χ1n) is 6.61. The highest BCUT2D eigenvalue weighted by Crippen LogP contribution is 2.28. The van der Waals surface area contributed by atoms with Crippen LogP contribution in [0.15, 0.2) is 18.2 Å². The second kappa shape index (κ2) is 6.26. The average Bonchev–Trinajstić information content (AvgIpc) is 2.87. The highest BCUT2D eigenvalue weighted by atomic mass is 35.5. The molecule has 1 aliphatic rings. The van der Waals surface area contributed by atoms with Gasteiger partial charge < -0.3 is 15.7 Å². The average molecular weight is 283 g/mol. The number of nitrogens with two attached hydrogens (primary N) is 1. The monoisotopic (exact) mass is 282 g/mol. The third-order valence-corrected chi connectivity index (χ3v) is 4.01. The van der Waals surface area contributed by atoms with Gasteiger partial charge >= 0.3 is 0 Å². The molecule has 0 radical (unpaired) electrons. The van der Waals surface area contributed by atoms with Crippen molar-refractivity contribution in [3.63, 3.8) is 0 Å². The number of halogens is 1. The predicted molar refractivity (Wildman–Crippen MR) is 76.2 cm³/mol. The number of likely N-dealkylation sites (tertiary alicyclic amines) is 1. The van der Waals surface area contributed by atoms with Gasteiger partial charge in [-0.15, -0.1) is 0 Å². The zero-order chi connectivity index (χ0) is 13.8. The first-order valence-corrected chi connectivity index (χ1v) is 6.98. The maximum absolute atomic E-state index is 12.5. The van der Waals surface area contributed by atoms with E-state index in [4.69, 9.17) is 22.4 Å². The van der Waals surface area contributed by atoms with Crippen molar-refractivity contribution in [2.75, 3.05) is 18.9 Å². The van der Waals surface area contributed by atoms with E-state index in [1.54, 1.807) is 18.2 Å². The lowest BCUT2D eigenvalue weighted by molar-refractivity contribution is 0.0724.